The Labute approximate surface area is 94.7 Å². The maximum atomic E-state index is 5.01. The van der Waals surface area contributed by atoms with Gasteiger partial charge in [0.15, 0.2) is 5.82 Å². The van der Waals surface area contributed by atoms with Crippen LogP contribution in [0, 0.1) is 0 Å². The van der Waals surface area contributed by atoms with Crippen molar-refractivity contribution in [3.05, 3.63) is 36.5 Å². The lowest BCUT2D eigenvalue weighted by Crippen LogP contribution is -2.15. The summed E-state index contributed by atoms with van der Waals surface area (Å²) in [4.78, 5) is 8.66. The summed E-state index contributed by atoms with van der Waals surface area (Å²) >= 11 is 0. The molecule has 4 nitrogen and oxygen atoms in total. The van der Waals surface area contributed by atoms with E-state index in [9.17, 15) is 0 Å². The molecule has 2 aromatic heterocycles. The Hall–Kier alpha value is -1.68. The molecular weight excluding hydrogens is 202 g/mol. The normalized spacial score (nSPS) is 10.6. The number of nitrogens with one attached hydrogen (secondary N) is 1. The first-order valence-corrected chi connectivity index (χ1v) is 5.45. The molecule has 4 heteroatoms. The summed E-state index contributed by atoms with van der Waals surface area (Å²) in [5.74, 6) is 0.713. The third kappa shape index (κ3) is 2.67. The molecule has 0 atom stereocenters. The van der Waals surface area contributed by atoms with Gasteiger partial charge in [0.1, 0.15) is 6.26 Å². The van der Waals surface area contributed by atoms with Crippen LogP contribution in [0.15, 0.2) is 35.3 Å². The molecule has 0 radical (unpaired) electrons. The molecule has 0 aliphatic carbocycles. The van der Waals surface area contributed by atoms with Crippen molar-refractivity contribution < 1.29 is 4.42 Å². The Morgan fingerprint density at radius 1 is 1.38 bits per heavy atom. The van der Waals surface area contributed by atoms with Crippen molar-refractivity contribution in [2.45, 2.75) is 19.9 Å². The molecule has 2 rings (SSSR count). The summed E-state index contributed by atoms with van der Waals surface area (Å²) in [5.41, 5.74) is 1.91. The molecule has 0 aliphatic heterocycles. The number of hydrogen-bond acceptors (Lipinski definition) is 4. The average molecular weight is 217 g/mol. The lowest BCUT2D eigenvalue weighted by atomic mass is 10.3. The highest BCUT2D eigenvalue weighted by Crippen LogP contribution is 2.14. The van der Waals surface area contributed by atoms with Gasteiger partial charge in [-0.1, -0.05) is 6.92 Å². The minimum atomic E-state index is 0.713. The Bertz CT molecular complexity index is 426. The van der Waals surface area contributed by atoms with Gasteiger partial charge >= 0.3 is 0 Å². The number of furan rings is 1. The van der Waals surface area contributed by atoms with Crippen LogP contribution < -0.4 is 5.32 Å². The molecule has 2 heterocycles. The minimum absolute atomic E-state index is 0.713. The first kappa shape index (κ1) is 10.8. The fourth-order valence-electron chi connectivity index (χ4n) is 1.42. The van der Waals surface area contributed by atoms with Gasteiger partial charge in [0, 0.05) is 12.7 Å². The van der Waals surface area contributed by atoms with Crippen molar-refractivity contribution in [2.24, 2.45) is 0 Å². The molecule has 0 saturated carbocycles. The van der Waals surface area contributed by atoms with E-state index in [1.54, 1.807) is 18.7 Å². The zero-order chi connectivity index (χ0) is 11.2. The Kier molecular flexibility index (Phi) is 3.66. The van der Waals surface area contributed by atoms with E-state index in [4.69, 9.17) is 4.42 Å². The van der Waals surface area contributed by atoms with Gasteiger partial charge in [-0.2, -0.15) is 0 Å². The van der Waals surface area contributed by atoms with E-state index < -0.39 is 0 Å². The van der Waals surface area contributed by atoms with Crippen LogP contribution in [0.4, 0.5) is 0 Å². The molecule has 0 fully saturated rings. The smallest absolute Gasteiger partial charge is 0.162 e. The molecular formula is C12H15N3O. The molecule has 0 spiro atoms. The second kappa shape index (κ2) is 5.42. The summed E-state index contributed by atoms with van der Waals surface area (Å²) in [6.07, 6.45) is 6.18. The number of hydrogen-bond donors (Lipinski definition) is 1. The SMILES string of the molecule is CCCNCc1ccnc(-c2ccoc2)n1. The van der Waals surface area contributed by atoms with Gasteiger partial charge in [0.05, 0.1) is 17.5 Å². The maximum Gasteiger partial charge on any atom is 0.162 e. The second-order valence-corrected chi connectivity index (χ2v) is 3.56. The largest absolute Gasteiger partial charge is 0.472 e. The van der Waals surface area contributed by atoms with Gasteiger partial charge in [0.2, 0.25) is 0 Å². The Morgan fingerprint density at radius 3 is 3.06 bits per heavy atom. The highest BCUT2D eigenvalue weighted by Gasteiger charge is 2.03. The van der Waals surface area contributed by atoms with Crippen molar-refractivity contribution in [3.8, 4) is 11.4 Å². The molecule has 0 aromatic carbocycles. The predicted molar refractivity (Wildman–Crippen MR) is 61.7 cm³/mol. The summed E-state index contributed by atoms with van der Waals surface area (Å²) in [6.45, 7) is 3.93. The zero-order valence-electron chi connectivity index (χ0n) is 9.31. The van der Waals surface area contributed by atoms with Crippen LogP contribution in [0.2, 0.25) is 0 Å². The van der Waals surface area contributed by atoms with Gasteiger partial charge in [0.25, 0.3) is 0 Å². The summed E-state index contributed by atoms with van der Waals surface area (Å²) in [5, 5.41) is 3.31. The van der Waals surface area contributed by atoms with Crippen molar-refractivity contribution in [1.82, 2.24) is 15.3 Å². The standard InChI is InChI=1S/C12H15N3O/c1-2-5-13-8-11-3-6-14-12(15-11)10-4-7-16-9-10/h3-4,6-7,9,13H,2,5,8H2,1H3. The van der Waals surface area contributed by atoms with E-state index in [-0.39, 0.29) is 0 Å². The first-order valence-electron chi connectivity index (χ1n) is 5.45. The highest BCUT2D eigenvalue weighted by atomic mass is 16.3. The Balaban J connectivity index is 2.08. The van der Waals surface area contributed by atoms with Crippen molar-refractivity contribution in [2.75, 3.05) is 6.54 Å². The van der Waals surface area contributed by atoms with E-state index >= 15 is 0 Å². The molecule has 0 amide bonds. The predicted octanol–water partition coefficient (Wildman–Crippen LogP) is 2.24. The molecule has 0 unspecified atom stereocenters. The molecule has 84 valence electrons. The third-order valence-electron chi connectivity index (χ3n) is 2.23. The summed E-state index contributed by atoms with van der Waals surface area (Å²) < 4.78 is 5.01. The van der Waals surface area contributed by atoms with E-state index in [1.807, 2.05) is 12.1 Å². The van der Waals surface area contributed by atoms with Gasteiger partial charge in [-0.05, 0) is 25.1 Å². The quantitative estimate of drug-likeness (QED) is 0.780. The zero-order valence-corrected chi connectivity index (χ0v) is 9.31. The third-order valence-corrected chi connectivity index (χ3v) is 2.23. The highest BCUT2D eigenvalue weighted by molar-refractivity contribution is 5.52. The molecule has 1 N–H and O–H groups in total. The maximum absolute atomic E-state index is 5.01. The van der Waals surface area contributed by atoms with Crippen molar-refractivity contribution in [3.63, 3.8) is 0 Å². The van der Waals surface area contributed by atoms with Crippen LogP contribution in [0.3, 0.4) is 0 Å². The second-order valence-electron chi connectivity index (χ2n) is 3.56. The minimum Gasteiger partial charge on any atom is -0.472 e. The monoisotopic (exact) mass is 217 g/mol. The van der Waals surface area contributed by atoms with Crippen LogP contribution in [-0.4, -0.2) is 16.5 Å². The van der Waals surface area contributed by atoms with Crippen molar-refractivity contribution in [1.29, 1.82) is 0 Å². The van der Waals surface area contributed by atoms with E-state index in [0.717, 1.165) is 30.8 Å². The number of aromatic nitrogens is 2. The van der Waals surface area contributed by atoms with Gasteiger partial charge < -0.3 is 9.73 Å². The lowest BCUT2D eigenvalue weighted by molar-refractivity contribution is 0.568. The molecule has 0 aliphatic rings. The molecule has 0 saturated heterocycles. The van der Waals surface area contributed by atoms with Crippen LogP contribution in [-0.2, 0) is 6.54 Å². The topological polar surface area (TPSA) is 51.0 Å². The number of rotatable bonds is 5. The molecule has 16 heavy (non-hydrogen) atoms. The fraction of sp³-hybridized carbons (Fsp3) is 0.333. The van der Waals surface area contributed by atoms with Crippen molar-refractivity contribution >= 4 is 0 Å². The first-order chi connectivity index (χ1) is 7.90. The van der Waals surface area contributed by atoms with Gasteiger partial charge in [-0.3, -0.25) is 0 Å². The van der Waals surface area contributed by atoms with Crippen LogP contribution >= 0.6 is 0 Å². The fourth-order valence-corrected chi connectivity index (χ4v) is 1.42. The van der Waals surface area contributed by atoms with Crippen LogP contribution in [0.25, 0.3) is 11.4 Å². The molecule has 2 aromatic rings. The van der Waals surface area contributed by atoms with Crippen LogP contribution in [0.1, 0.15) is 19.0 Å². The molecule has 0 bridgehead atoms. The van der Waals surface area contributed by atoms with E-state index in [0.29, 0.717) is 5.82 Å². The van der Waals surface area contributed by atoms with Gasteiger partial charge in [-0.15, -0.1) is 0 Å². The summed E-state index contributed by atoms with van der Waals surface area (Å²) in [7, 11) is 0. The lowest BCUT2D eigenvalue weighted by Gasteiger charge is -2.03. The summed E-state index contributed by atoms with van der Waals surface area (Å²) in [6, 6.07) is 3.78. The average Bonchev–Trinajstić information content (AvgIpc) is 2.83. The Morgan fingerprint density at radius 2 is 2.31 bits per heavy atom. The van der Waals surface area contributed by atoms with Gasteiger partial charge in [-0.25, -0.2) is 9.97 Å². The van der Waals surface area contributed by atoms with E-state index in [1.165, 1.54) is 0 Å². The van der Waals surface area contributed by atoms with Crippen LogP contribution in [0.5, 0.6) is 0 Å². The van der Waals surface area contributed by atoms with E-state index in [2.05, 4.69) is 22.2 Å². The number of nitrogens with zero attached hydrogens (tertiary/aromatic N) is 2.